The van der Waals surface area contributed by atoms with E-state index in [1.165, 1.54) is 12.3 Å². The summed E-state index contributed by atoms with van der Waals surface area (Å²) in [4.78, 5) is 42.6. The molecule has 1 saturated heterocycles. The highest BCUT2D eigenvalue weighted by molar-refractivity contribution is 6.02. The molecule has 0 saturated carbocycles. The summed E-state index contributed by atoms with van der Waals surface area (Å²) >= 11 is 0. The van der Waals surface area contributed by atoms with E-state index in [9.17, 15) is 14.4 Å². The van der Waals surface area contributed by atoms with Crippen LogP contribution in [0.4, 0.5) is 0 Å². The highest BCUT2D eigenvalue weighted by atomic mass is 16.7. The lowest BCUT2D eigenvalue weighted by atomic mass is 10.2. The van der Waals surface area contributed by atoms with Crippen molar-refractivity contribution in [3.8, 4) is 0 Å². The number of carbonyl (C=O) groups excluding carboxylic acids is 3. The van der Waals surface area contributed by atoms with Crippen molar-refractivity contribution >= 4 is 17.8 Å². The number of aryl methyl sites for hydroxylation is 1. The molecule has 0 spiro atoms. The molecule has 2 heterocycles. The van der Waals surface area contributed by atoms with Gasteiger partial charge in [-0.1, -0.05) is 0 Å². The molecule has 1 aliphatic heterocycles. The minimum absolute atomic E-state index is 0.0671. The molecule has 2 rings (SSSR count). The van der Waals surface area contributed by atoms with Gasteiger partial charge in [0.25, 0.3) is 11.8 Å². The van der Waals surface area contributed by atoms with Crippen molar-refractivity contribution in [3.05, 3.63) is 29.6 Å². The number of rotatable bonds is 2. The summed E-state index contributed by atoms with van der Waals surface area (Å²) in [5.74, 6) is -1.82. The molecule has 0 N–H and O–H groups in total. The average Bonchev–Trinajstić information content (AvgIpc) is 2.61. The Morgan fingerprint density at radius 1 is 1.35 bits per heavy atom. The van der Waals surface area contributed by atoms with E-state index < -0.39 is 17.8 Å². The van der Waals surface area contributed by atoms with Gasteiger partial charge in [-0.05, 0) is 24.6 Å². The van der Waals surface area contributed by atoms with E-state index in [4.69, 9.17) is 4.84 Å². The Labute approximate surface area is 97.1 Å². The van der Waals surface area contributed by atoms with Crippen molar-refractivity contribution in [3.63, 3.8) is 0 Å². The highest BCUT2D eigenvalue weighted by Gasteiger charge is 2.33. The van der Waals surface area contributed by atoms with E-state index in [0.29, 0.717) is 5.06 Å². The molecule has 1 fully saturated rings. The number of hydroxylamine groups is 2. The molecule has 0 atom stereocenters. The minimum atomic E-state index is -0.808. The fourth-order valence-electron chi connectivity index (χ4n) is 1.44. The second-order valence-electron chi connectivity index (χ2n) is 3.68. The van der Waals surface area contributed by atoms with Gasteiger partial charge < -0.3 is 4.84 Å². The molecular weight excluding hydrogens is 224 g/mol. The van der Waals surface area contributed by atoms with Crippen LogP contribution in [0.3, 0.4) is 0 Å². The van der Waals surface area contributed by atoms with Crippen LogP contribution >= 0.6 is 0 Å². The third-order valence-electron chi connectivity index (χ3n) is 2.30. The van der Waals surface area contributed by atoms with Crippen LogP contribution < -0.4 is 0 Å². The molecule has 2 amide bonds. The predicted octanol–water partition coefficient (Wildman–Crippen LogP) is 0.611. The summed E-state index contributed by atoms with van der Waals surface area (Å²) < 4.78 is 0. The summed E-state index contributed by atoms with van der Waals surface area (Å²) in [6, 6.07) is 3.25. The number of aromatic nitrogens is 1. The number of nitrogens with zero attached hydrogens (tertiary/aromatic N) is 2. The first kappa shape index (κ1) is 11.3. The quantitative estimate of drug-likeness (QED) is 0.701. The number of hydrogen-bond donors (Lipinski definition) is 0. The molecule has 0 aliphatic carbocycles. The fraction of sp³-hybridized carbons (Fsp3) is 0.273. The zero-order valence-corrected chi connectivity index (χ0v) is 9.17. The van der Waals surface area contributed by atoms with Gasteiger partial charge in [-0.15, -0.1) is 5.06 Å². The minimum Gasteiger partial charge on any atom is -0.323 e. The molecular formula is C11H10N2O4. The van der Waals surface area contributed by atoms with Crippen molar-refractivity contribution in [2.24, 2.45) is 0 Å². The van der Waals surface area contributed by atoms with Gasteiger partial charge in [-0.3, -0.25) is 9.59 Å². The summed E-state index contributed by atoms with van der Waals surface area (Å²) in [7, 11) is 0. The van der Waals surface area contributed by atoms with Crippen LogP contribution in [-0.2, 0) is 14.4 Å². The second-order valence-corrected chi connectivity index (χ2v) is 3.68. The maximum atomic E-state index is 11.6. The van der Waals surface area contributed by atoms with Gasteiger partial charge >= 0.3 is 5.97 Å². The smallest absolute Gasteiger partial charge is 0.323 e. The number of pyridine rings is 1. The van der Waals surface area contributed by atoms with Gasteiger partial charge in [0.05, 0.1) is 0 Å². The number of hydrogen-bond acceptors (Lipinski definition) is 5. The molecule has 1 aliphatic rings. The van der Waals surface area contributed by atoms with Crippen molar-refractivity contribution < 1.29 is 19.2 Å². The van der Waals surface area contributed by atoms with Gasteiger partial charge in [0.2, 0.25) is 0 Å². The van der Waals surface area contributed by atoms with Crippen LogP contribution in [0.1, 0.15) is 28.9 Å². The van der Waals surface area contributed by atoms with Crippen LogP contribution in [-0.4, -0.2) is 27.8 Å². The van der Waals surface area contributed by atoms with Crippen molar-refractivity contribution in [2.75, 3.05) is 0 Å². The van der Waals surface area contributed by atoms with Crippen LogP contribution in [0.15, 0.2) is 18.3 Å². The Morgan fingerprint density at radius 2 is 2.00 bits per heavy atom. The topological polar surface area (TPSA) is 76.6 Å². The summed E-state index contributed by atoms with van der Waals surface area (Å²) in [5, 5.41) is 0.506. The van der Waals surface area contributed by atoms with E-state index in [0.717, 1.165) is 5.56 Å². The van der Waals surface area contributed by atoms with E-state index in [-0.39, 0.29) is 18.5 Å². The molecule has 1 aromatic rings. The van der Waals surface area contributed by atoms with Crippen molar-refractivity contribution in [1.82, 2.24) is 10.0 Å². The largest absolute Gasteiger partial charge is 0.382 e. The average molecular weight is 234 g/mol. The van der Waals surface area contributed by atoms with Gasteiger partial charge in [-0.2, -0.15) is 0 Å². The Hall–Kier alpha value is -2.24. The number of carbonyl (C=O) groups is 3. The normalized spacial score (nSPS) is 15.2. The van der Waals surface area contributed by atoms with E-state index in [1.54, 1.807) is 13.0 Å². The Kier molecular flexibility index (Phi) is 2.86. The summed E-state index contributed by atoms with van der Waals surface area (Å²) in [6.45, 7) is 1.80. The third-order valence-corrected chi connectivity index (χ3v) is 2.30. The Morgan fingerprint density at radius 3 is 2.59 bits per heavy atom. The van der Waals surface area contributed by atoms with Crippen LogP contribution in [0.2, 0.25) is 0 Å². The molecule has 1 aromatic heterocycles. The molecule has 17 heavy (non-hydrogen) atoms. The maximum absolute atomic E-state index is 11.6. The molecule has 0 radical (unpaired) electrons. The Balaban J connectivity index is 2.12. The van der Waals surface area contributed by atoms with Crippen LogP contribution in [0.5, 0.6) is 0 Å². The molecule has 0 unspecified atom stereocenters. The molecule has 88 valence electrons. The molecule has 6 heteroatoms. The first-order valence-corrected chi connectivity index (χ1v) is 5.08. The van der Waals surface area contributed by atoms with Gasteiger partial charge in [-0.25, -0.2) is 9.78 Å². The lowest BCUT2D eigenvalue weighted by Crippen LogP contribution is -2.32. The first-order valence-electron chi connectivity index (χ1n) is 5.08. The van der Waals surface area contributed by atoms with E-state index >= 15 is 0 Å². The Bertz CT molecular complexity index is 482. The van der Waals surface area contributed by atoms with Crippen LogP contribution in [0.25, 0.3) is 0 Å². The lowest BCUT2D eigenvalue weighted by Gasteiger charge is -2.11. The second kappa shape index (κ2) is 4.32. The standard InChI is InChI=1S/C11H10N2O4/c1-7-4-5-12-8(6-7)11(16)17-13-9(14)2-3-10(13)15/h4-6H,2-3H2,1H3. The van der Waals surface area contributed by atoms with Gasteiger partial charge in [0.1, 0.15) is 0 Å². The highest BCUT2D eigenvalue weighted by Crippen LogP contribution is 2.13. The SMILES string of the molecule is Cc1ccnc(C(=O)ON2C(=O)CCC2=O)c1. The molecule has 0 bridgehead atoms. The van der Waals surface area contributed by atoms with Crippen molar-refractivity contribution in [2.45, 2.75) is 19.8 Å². The molecule has 0 aromatic carbocycles. The van der Waals surface area contributed by atoms with E-state index in [2.05, 4.69) is 4.98 Å². The van der Waals surface area contributed by atoms with Gasteiger partial charge in [0.15, 0.2) is 5.69 Å². The first-order chi connectivity index (χ1) is 8.08. The number of imide groups is 1. The number of amides is 2. The zero-order chi connectivity index (χ0) is 12.4. The van der Waals surface area contributed by atoms with E-state index in [1.807, 2.05) is 0 Å². The van der Waals surface area contributed by atoms with Crippen molar-refractivity contribution in [1.29, 1.82) is 0 Å². The third kappa shape index (κ3) is 2.30. The van der Waals surface area contributed by atoms with Gasteiger partial charge in [0, 0.05) is 19.0 Å². The van der Waals surface area contributed by atoms with Crippen LogP contribution in [0, 0.1) is 6.92 Å². The monoisotopic (exact) mass is 234 g/mol. The fourth-order valence-corrected chi connectivity index (χ4v) is 1.44. The summed E-state index contributed by atoms with van der Waals surface area (Å²) in [6.07, 6.45) is 1.61. The molecule has 6 nitrogen and oxygen atoms in total. The lowest BCUT2D eigenvalue weighted by molar-refractivity contribution is -0.172. The predicted molar refractivity (Wildman–Crippen MR) is 55.5 cm³/mol. The zero-order valence-electron chi connectivity index (χ0n) is 9.17. The maximum Gasteiger partial charge on any atom is 0.382 e. The summed E-state index contributed by atoms with van der Waals surface area (Å²) in [5.41, 5.74) is 0.906.